The average Bonchev–Trinajstić information content (AvgIpc) is 2.83. The Balaban J connectivity index is 1.62. The number of morpholine rings is 1. The van der Waals surface area contributed by atoms with Crippen LogP contribution in [0.4, 0.5) is 11.4 Å². The van der Waals surface area contributed by atoms with Crippen molar-refractivity contribution in [1.82, 2.24) is 4.90 Å². The summed E-state index contributed by atoms with van der Waals surface area (Å²) in [6.45, 7) is 3.01. The number of benzene rings is 2. The van der Waals surface area contributed by atoms with Crippen molar-refractivity contribution in [2.45, 2.75) is 0 Å². The molecule has 1 saturated heterocycles. The second kappa shape index (κ2) is 10.7. The van der Waals surface area contributed by atoms with E-state index in [9.17, 15) is 9.59 Å². The minimum absolute atomic E-state index is 0.110. The maximum absolute atomic E-state index is 12.9. The Labute approximate surface area is 187 Å². The SMILES string of the molecule is COc1cc(C(=O)N(C)CC(=O)Nc2ccc(N3CCOCC3)cc2)cc(OC)c1OC. The summed E-state index contributed by atoms with van der Waals surface area (Å²) in [6, 6.07) is 10.7. The van der Waals surface area contributed by atoms with Gasteiger partial charge in [0.25, 0.3) is 5.91 Å². The molecule has 1 N–H and O–H groups in total. The second-order valence-corrected chi connectivity index (χ2v) is 7.27. The van der Waals surface area contributed by atoms with E-state index in [1.165, 1.54) is 26.2 Å². The molecule has 2 amide bonds. The minimum Gasteiger partial charge on any atom is -0.493 e. The zero-order valence-electron chi connectivity index (χ0n) is 18.8. The lowest BCUT2D eigenvalue weighted by atomic mass is 10.1. The Morgan fingerprint density at radius 2 is 1.59 bits per heavy atom. The van der Waals surface area contributed by atoms with Gasteiger partial charge in [-0.15, -0.1) is 0 Å². The second-order valence-electron chi connectivity index (χ2n) is 7.27. The van der Waals surface area contributed by atoms with Gasteiger partial charge in [-0.05, 0) is 36.4 Å². The maximum atomic E-state index is 12.9. The molecular formula is C23H29N3O6. The summed E-state index contributed by atoms with van der Waals surface area (Å²) in [7, 11) is 6.01. The predicted molar refractivity (Wildman–Crippen MR) is 121 cm³/mol. The Morgan fingerprint density at radius 1 is 1.00 bits per heavy atom. The number of nitrogens with one attached hydrogen (secondary N) is 1. The fourth-order valence-electron chi connectivity index (χ4n) is 3.49. The first-order valence-electron chi connectivity index (χ1n) is 10.2. The highest BCUT2D eigenvalue weighted by Gasteiger charge is 2.21. The smallest absolute Gasteiger partial charge is 0.254 e. The molecular weight excluding hydrogens is 414 g/mol. The van der Waals surface area contributed by atoms with Crippen LogP contribution in [-0.2, 0) is 9.53 Å². The first kappa shape index (κ1) is 23.2. The lowest BCUT2D eigenvalue weighted by Gasteiger charge is -2.28. The first-order valence-corrected chi connectivity index (χ1v) is 10.2. The van der Waals surface area contributed by atoms with E-state index in [1.807, 2.05) is 24.3 Å². The lowest BCUT2D eigenvalue weighted by molar-refractivity contribution is -0.116. The average molecular weight is 444 g/mol. The third kappa shape index (κ3) is 5.42. The number of methoxy groups -OCH3 is 3. The number of ether oxygens (including phenoxy) is 4. The minimum atomic E-state index is -0.345. The summed E-state index contributed by atoms with van der Waals surface area (Å²) in [6.07, 6.45) is 0. The number of carbonyl (C=O) groups excluding carboxylic acids is 2. The highest BCUT2D eigenvalue weighted by atomic mass is 16.5. The Bertz CT molecular complexity index is 916. The molecule has 1 aliphatic rings. The van der Waals surface area contributed by atoms with Crippen LogP contribution in [0.5, 0.6) is 17.2 Å². The number of anilines is 2. The lowest BCUT2D eigenvalue weighted by Crippen LogP contribution is -2.36. The van der Waals surface area contributed by atoms with Gasteiger partial charge in [0.15, 0.2) is 11.5 Å². The van der Waals surface area contributed by atoms with Gasteiger partial charge >= 0.3 is 0 Å². The van der Waals surface area contributed by atoms with E-state index in [-0.39, 0.29) is 18.4 Å². The van der Waals surface area contributed by atoms with Crippen molar-refractivity contribution in [3.8, 4) is 17.2 Å². The summed E-state index contributed by atoms with van der Waals surface area (Å²) < 4.78 is 21.3. The maximum Gasteiger partial charge on any atom is 0.254 e. The van der Waals surface area contributed by atoms with Gasteiger partial charge in [-0.2, -0.15) is 0 Å². The number of likely N-dealkylation sites (N-methyl/N-ethyl adjacent to an activating group) is 1. The summed E-state index contributed by atoms with van der Waals surface area (Å²) >= 11 is 0. The van der Waals surface area contributed by atoms with E-state index in [1.54, 1.807) is 19.2 Å². The molecule has 1 fully saturated rings. The monoisotopic (exact) mass is 443 g/mol. The Hall–Kier alpha value is -3.46. The standard InChI is InChI=1S/C23H29N3O6/c1-25(23(28)16-13-19(29-2)22(31-4)20(14-16)30-3)15-21(27)24-17-5-7-18(8-6-17)26-9-11-32-12-10-26/h5-8,13-14H,9-12,15H2,1-4H3,(H,24,27). The number of amides is 2. The highest BCUT2D eigenvalue weighted by Crippen LogP contribution is 2.38. The molecule has 1 aliphatic heterocycles. The van der Waals surface area contributed by atoms with Gasteiger partial charge in [0.2, 0.25) is 11.7 Å². The number of hydrogen-bond donors (Lipinski definition) is 1. The van der Waals surface area contributed by atoms with Gasteiger partial charge in [-0.25, -0.2) is 0 Å². The van der Waals surface area contributed by atoms with E-state index >= 15 is 0 Å². The Morgan fingerprint density at radius 3 is 2.12 bits per heavy atom. The van der Waals surface area contributed by atoms with Crippen LogP contribution < -0.4 is 24.4 Å². The van der Waals surface area contributed by atoms with Crippen molar-refractivity contribution in [2.24, 2.45) is 0 Å². The molecule has 0 saturated carbocycles. The summed E-state index contributed by atoms with van der Waals surface area (Å²) in [4.78, 5) is 28.9. The molecule has 0 unspecified atom stereocenters. The van der Waals surface area contributed by atoms with Crippen LogP contribution in [0.3, 0.4) is 0 Å². The zero-order valence-corrected chi connectivity index (χ0v) is 18.8. The van der Waals surface area contributed by atoms with Crippen LogP contribution in [0.2, 0.25) is 0 Å². The topological polar surface area (TPSA) is 89.6 Å². The molecule has 1 heterocycles. The normalized spacial score (nSPS) is 13.3. The third-order valence-electron chi connectivity index (χ3n) is 5.17. The van der Waals surface area contributed by atoms with Gasteiger partial charge in [-0.3, -0.25) is 9.59 Å². The van der Waals surface area contributed by atoms with Crippen LogP contribution in [0.25, 0.3) is 0 Å². The molecule has 0 spiro atoms. The molecule has 0 aromatic heterocycles. The molecule has 32 heavy (non-hydrogen) atoms. The quantitative estimate of drug-likeness (QED) is 0.669. The zero-order chi connectivity index (χ0) is 23.1. The van der Waals surface area contributed by atoms with E-state index in [0.717, 1.165) is 18.8 Å². The molecule has 9 heteroatoms. The van der Waals surface area contributed by atoms with E-state index in [2.05, 4.69) is 10.2 Å². The third-order valence-corrected chi connectivity index (χ3v) is 5.17. The summed E-state index contributed by atoms with van der Waals surface area (Å²) in [5.41, 5.74) is 2.08. The van der Waals surface area contributed by atoms with Crippen molar-refractivity contribution in [3.63, 3.8) is 0 Å². The summed E-state index contributed by atoms with van der Waals surface area (Å²) in [5, 5.41) is 2.83. The van der Waals surface area contributed by atoms with Crippen LogP contribution in [0.15, 0.2) is 36.4 Å². The first-order chi connectivity index (χ1) is 15.5. The molecule has 0 aliphatic carbocycles. The van der Waals surface area contributed by atoms with Gasteiger partial charge in [-0.1, -0.05) is 0 Å². The fraction of sp³-hybridized carbons (Fsp3) is 0.391. The van der Waals surface area contributed by atoms with Gasteiger partial charge in [0, 0.05) is 37.1 Å². The van der Waals surface area contributed by atoms with Gasteiger partial charge < -0.3 is 34.1 Å². The van der Waals surface area contributed by atoms with Crippen molar-refractivity contribution in [3.05, 3.63) is 42.0 Å². The highest BCUT2D eigenvalue weighted by molar-refractivity contribution is 6.00. The number of hydrogen-bond acceptors (Lipinski definition) is 7. The van der Waals surface area contributed by atoms with Crippen molar-refractivity contribution < 1.29 is 28.5 Å². The van der Waals surface area contributed by atoms with E-state index in [0.29, 0.717) is 41.7 Å². The predicted octanol–water partition coefficient (Wildman–Crippen LogP) is 2.26. The van der Waals surface area contributed by atoms with Crippen LogP contribution >= 0.6 is 0 Å². The van der Waals surface area contributed by atoms with Gasteiger partial charge in [0.1, 0.15) is 0 Å². The van der Waals surface area contributed by atoms with Crippen LogP contribution in [0.1, 0.15) is 10.4 Å². The molecule has 0 bridgehead atoms. The molecule has 172 valence electrons. The van der Waals surface area contributed by atoms with E-state index < -0.39 is 0 Å². The number of rotatable bonds is 8. The molecule has 9 nitrogen and oxygen atoms in total. The van der Waals surface area contributed by atoms with Crippen LogP contribution in [0, 0.1) is 0 Å². The van der Waals surface area contributed by atoms with Crippen LogP contribution in [-0.4, -0.2) is 77.9 Å². The Kier molecular flexibility index (Phi) is 7.77. The van der Waals surface area contributed by atoms with Crippen molar-refractivity contribution in [2.75, 3.05) is 71.4 Å². The molecule has 3 rings (SSSR count). The summed E-state index contributed by atoms with van der Waals surface area (Å²) in [5.74, 6) is 0.490. The fourth-order valence-corrected chi connectivity index (χ4v) is 3.49. The molecule has 0 atom stereocenters. The van der Waals surface area contributed by atoms with Gasteiger partial charge in [0.05, 0.1) is 41.1 Å². The number of carbonyl (C=O) groups is 2. The molecule has 2 aromatic carbocycles. The largest absolute Gasteiger partial charge is 0.493 e. The molecule has 0 radical (unpaired) electrons. The molecule has 2 aromatic rings. The number of nitrogens with zero attached hydrogens (tertiary/aromatic N) is 2. The van der Waals surface area contributed by atoms with E-state index in [4.69, 9.17) is 18.9 Å². The van der Waals surface area contributed by atoms with Crippen molar-refractivity contribution >= 4 is 23.2 Å². The van der Waals surface area contributed by atoms with Crippen molar-refractivity contribution in [1.29, 1.82) is 0 Å².